The van der Waals surface area contributed by atoms with Crippen LogP contribution in [-0.4, -0.2) is 59.1 Å². The molecule has 1 aromatic heterocycles. The third-order valence-corrected chi connectivity index (χ3v) is 5.18. The summed E-state index contributed by atoms with van der Waals surface area (Å²) < 4.78 is 0. The van der Waals surface area contributed by atoms with E-state index < -0.39 is 0 Å². The van der Waals surface area contributed by atoms with Gasteiger partial charge in [0.2, 0.25) is 11.6 Å². The molecule has 8 heteroatoms. The normalized spacial score (nSPS) is 18.0. The van der Waals surface area contributed by atoms with Crippen molar-refractivity contribution in [3.63, 3.8) is 0 Å². The van der Waals surface area contributed by atoms with Crippen molar-refractivity contribution < 1.29 is 4.92 Å². The van der Waals surface area contributed by atoms with Crippen molar-refractivity contribution in [3.8, 4) is 0 Å². The monoisotopic (exact) mass is 354 g/mol. The van der Waals surface area contributed by atoms with Crippen molar-refractivity contribution in [3.05, 3.63) is 51.8 Å². The van der Waals surface area contributed by atoms with Crippen LogP contribution >= 0.6 is 0 Å². The SMILES string of the molecule is CN1CCN(c2ncnc(NC3Cc4ccccc4C3)c2[N+](=O)[O-])CC1. The van der Waals surface area contributed by atoms with Crippen LogP contribution in [0, 0.1) is 10.1 Å². The van der Waals surface area contributed by atoms with Gasteiger partial charge in [0.15, 0.2) is 0 Å². The fraction of sp³-hybridized carbons (Fsp3) is 0.444. The maximum atomic E-state index is 11.8. The molecule has 1 N–H and O–H groups in total. The van der Waals surface area contributed by atoms with Crippen LogP contribution in [0.25, 0.3) is 0 Å². The topological polar surface area (TPSA) is 87.4 Å². The highest BCUT2D eigenvalue weighted by Gasteiger charge is 2.31. The van der Waals surface area contributed by atoms with E-state index in [1.54, 1.807) is 0 Å². The number of aromatic nitrogens is 2. The number of nitro groups is 1. The van der Waals surface area contributed by atoms with Crippen molar-refractivity contribution >= 4 is 17.3 Å². The van der Waals surface area contributed by atoms with E-state index in [9.17, 15) is 10.1 Å². The van der Waals surface area contributed by atoms with E-state index in [2.05, 4.69) is 39.4 Å². The Balaban J connectivity index is 1.59. The summed E-state index contributed by atoms with van der Waals surface area (Å²) in [5.74, 6) is 0.729. The fourth-order valence-corrected chi connectivity index (χ4v) is 3.75. The van der Waals surface area contributed by atoms with E-state index in [-0.39, 0.29) is 16.7 Å². The highest BCUT2D eigenvalue weighted by molar-refractivity contribution is 5.71. The molecule has 2 aliphatic rings. The minimum Gasteiger partial charge on any atom is -0.361 e. The van der Waals surface area contributed by atoms with Gasteiger partial charge in [0, 0.05) is 32.2 Å². The quantitative estimate of drug-likeness (QED) is 0.661. The maximum Gasteiger partial charge on any atom is 0.353 e. The zero-order valence-electron chi connectivity index (χ0n) is 14.8. The number of rotatable bonds is 4. The Hall–Kier alpha value is -2.74. The summed E-state index contributed by atoms with van der Waals surface area (Å²) in [6.07, 6.45) is 3.12. The molecule has 1 aliphatic carbocycles. The second-order valence-electron chi connectivity index (χ2n) is 6.96. The first-order valence-corrected chi connectivity index (χ1v) is 8.88. The van der Waals surface area contributed by atoms with E-state index in [1.807, 2.05) is 17.0 Å². The van der Waals surface area contributed by atoms with Gasteiger partial charge in [0.1, 0.15) is 6.33 Å². The van der Waals surface area contributed by atoms with Crippen molar-refractivity contribution in [2.24, 2.45) is 0 Å². The van der Waals surface area contributed by atoms with E-state index in [0.717, 1.165) is 39.0 Å². The van der Waals surface area contributed by atoms with Gasteiger partial charge in [-0.05, 0) is 31.0 Å². The van der Waals surface area contributed by atoms with Gasteiger partial charge in [-0.1, -0.05) is 24.3 Å². The summed E-state index contributed by atoms with van der Waals surface area (Å²) in [5, 5.41) is 15.1. The summed E-state index contributed by atoms with van der Waals surface area (Å²) in [7, 11) is 2.05. The van der Waals surface area contributed by atoms with Crippen LogP contribution in [0.3, 0.4) is 0 Å². The third kappa shape index (κ3) is 3.20. The van der Waals surface area contributed by atoms with Crippen molar-refractivity contribution in [1.29, 1.82) is 0 Å². The van der Waals surface area contributed by atoms with Gasteiger partial charge in [-0.15, -0.1) is 0 Å². The molecular formula is C18H22N6O2. The van der Waals surface area contributed by atoms with Crippen LogP contribution < -0.4 is 10.2 Å². The van der Waals surface area contributed by atoms with Crippen LogP contribution in [0.4, 0.5) is 17.3 Å². The van der Waals surface area contributed by atoms with Gasteiger partial charge < -0.3 is 15.1 Å². The first kappa shape index (κ1) is 16.7. The lowest BCUT2D eigenvalue weighted by molar-refractivity contribution is -0.383. The lowest BCUT2D eigenvalue weighted by Crippen LogP contribution is -2.45. The highest BCUT2D eigenvalue weighted by Crippen LogP contribution is 2.34. The Kier molecular flexibility index (Phi) is 4.42. The van der Waals surface area contributed by atoms with E-state index in [4.69, 9.17) is 0 Å². The van der Waals surface area contributed by atoms with Gasteiger partial charge in [0.05, 0.1) is 4.92 Å². The molecule has 0 radical (unpaired) electrons. The minimum atomic E-state index is -0.363. The molecule has 1 fully saturated rings. The Morgan fingerprint density at radius 3 is 2.38 bits per heavy atom. The largest absolute Gasteiger partial charge is 0.361 e. The Labute approximate surface area is 152 Å². The van der Waals surface area contributed by atoms with Crippen molar-refractivity contribution in [2.45, 2.75) is 18.9 Å². The number of nitrogens with zero attached hydrogens (tertiary/aromatic N) is 5. The molecule has 0 amide bonds. The molecule has 2 heterocycles. The molecule has 1 aromatic carbocycles. The number of nitrogens with one attached hydrogen (secondary N) is 1. The summed E-state index contributed by atoms with van der Waals surface area (Å²) in [5.41, 5.74) is 2.56. The van der Waals surface area contributed by atoms with Crippen LogP contribution in [0.5, 0.6) is 0 Å². The average molecular weight is 354 g/mol. The molecule has 0 spiro atoms. The van der Waals surface area contributed by atoms with Crippen LogP contribution in [0.1, 0.15) is 11.1 Å². The molecule has 1 saturated heterocycles. The Morgan fingerprint density at radius 1 is 1.12 bits per heavy atom. The average Bonchev–Trinajstić information content (AvgIpc) is 3.04. The first-order chi connectivity index (χ1) is 12.6. The lowest BCUT2D eigenvalue weighted by atomic mass is 10.1. The molecule has 0 bridgehead atoms. The number of anilines is 2. The molecule has 0 saturated carbocycles. The fourth-order valence-electron chi connectivity index (χ4n) is 3.75. The molecule has 136 valence electrons. The molecule has 26 heavy (non-hydrogen) atoms. The Morgan fingerprint density at radius 2 is 1.77 bits per heavy atom. The number of likely N-dealkylation sites (N-methyl/N-ethyl adjacent to an activating group) is 1. The predicted molar refractivity (Wildman–Crippen MR) is 99.7 cm³/mol. The Bertz CT molecular complexity index is 794. The zero-order chi connectivity index (χ0) is 18.1. The molecule has 1 aliphatic heterocycles. The molecule has 4 rings (SSSR count). The smallest absolute Gasteiger partial charge is 0.353 e. The molecule has 2 aromatic rings. The molecule has 8 nitrogen and oxygen atoms in total. The van der Waals surface area contributed by atoms with Gasteiger partial charge in [-0.2, -0.15) is 0 Å². The van der Waals surface area contributed by atoms with Gasteiger partial charge >= 0.3 is 5.69 Å². The summed E-state index contributed by atoms with van der Waals surface area (Å²) >= 11 is 0. The maximum absolute atomic E-state index is 11.8. The molecule has 0 unspecified atom stereocenters. The van der Waals surface area contributed by atoms with Gasteiger partial charge in [-0.3, -0.25) is 10.1 Å². The number of hydrogen-bond donors (Lipinski definition) is 1. The van der Waals surface area contributed by atoms with E-state index in [0.29, 0.717) is 11.6 Å². The third-order valence-electron chi connectivity index (χ3n) is 5.18. The standard InChI is InChI=1S/C18H22N6O2/c1-22-6-8-23(9-7-22)18-16(24(25)26)17(19-12-20-18)21-15-10-13-4-2-3-5-14(13)11-15/h2-5,12,15H,6-11H2,1H3,(H,19,20,21). The number of fused-ring (bicyclic) bond motifs is 1. The molecular weight excluding hydrogens is 332 g/mol. The number of piperazine rings is 1. The number of hydrogen-bond acceptors (Lipinski definition) is 7. The van der Waals surface area contributed by atoms with Crippen molar-refractivity contribution in [2.75, 3.05) is 43.4 Å². The van der Waals surface area contributed by atoms with Crippen LogP contribution in [0.15, 0.2) is 30.6 Å². The summed E-state index contributed by atoms with van der Waals surface area (Å²) in [6, 6.07) is 8.39. The zero-order valence-corrected chi connectivity index (χ0v) is 14.8. The molecule has 0 atom stereocenters. The van der Waals surface area contributed by atoms with Crippen LogP contribution in [0.2, 0.25) is 0 Å². The highest BCUT2D eigenvalue weighted by atomic mass is 16.6. The number of benzene rings is 1. The second-order valence-corrected chi connectivity index (χ2v) is 6.96. The minimum absolute atomic E-state index is 0.0204. The lowest BCUT2D eigenvalue weighted by Gasteiger charge is -2.32. The summed E-state index contributed by atoms with van der Waals surface area (Å²) in [6.45, 7) is 3.18. The van der Waals surface area contributed by atoms with Gasteiger partial charge in [0.25, 0.3) is 0 Å². The first-order valence-electron chi connectivity index (χ1n) is 8.88. The van der Waals surface area contributed by atoms with E-state index in [1.165, 1.54) is 17.5 Å². The van der Waals surface area contributed by atoms with Crippen LogP contribution in [-0.2, 0) is 12.8 Å². The predicted octanol–water partition coefficient (Wildman–Crippen LogP) is 1.72. The van der Waals surface area contributed by atoms with Crippen molar-refractivity contribution in [1.82, 2.24) is 14.9 Å². The summed E-state index contributed by atoms with van der Waals surface area (Å²) in [4.78, 5) is 24.0. The second kappa shape index (κ2) is 6.87. The van der Waals surface area contributed by atoms with Gasteiger partial charge in [-0.25, -0.2) is 9.97 Å². The van der Waals surface area contributed by atoms with E-state index >= 15 is 0 Å².